The van der Waals surface area contributed by atoms with Crippen LogP contribution in [0.3, 0.4) is 0 Å². The van der Waals surface area contributed by atoms with Gasteiger partial charge in [0, 0.05) is 0 Å². The monoisotopic (exact) mass is 146 g/mol. The maximum absolute atomic E-state index is 10.2. The smallest absolute Gasteiger partial charge is 0.342 e. The molecule has 0 aliphatic rings. The van der Waals surface area contributed by atoms with Crippen LogP contribution in [0.1, 0.15) is 20.3 Å². The van der Waals surface area contributed by atoms with Gasteiger partial charge in [-0.1, -0.05) is 26.1 Å². The van der Waals surface area contributed by atoms with Crippen LogP contribution in [0.2, 0.25) is 0 Å². The second-order valence-electron chi connectivity index (χ2n) is 1.98. The van der Waals surface area contributed by atoms with Gasteiger partial charge in [-0.2, -0.15) is 0 Å². The summed E-state index contributed by atoms with van der Waals surface area (Å²) in [7, 11) is 0. The third-order valence-corrected chi connectivity index (χ3v) is 1.85. The van der Waals surface area contributed by atoms with E-state index in [4.69, 9.17) is 5.11 Å². The Hall–Kier alpha value is -0.440. The molecular weight excluding hydrogens is 136 g/mol. The first-order valence-corrected chi connectivity index (χ1v) is 3.27. The number of carboxylic acid groups (broad SMARTS) is 1. The largest absolute Gasteiger partial charge is 0.477 e. The molecule has 0 saturated carbocycles. The van der Waals surface area contributed by atoms with Crippen molar-refractivity contribution in [1.29, 1.82) is 0 Å². The highest BCUT2D eigenvalue weighted by molar-refractivity contribution is 7.82. The molecular formula is C6H10O2S. The van der Waals surface area contributed by atoms with E-state index in [-0.39, 0.29) is 10.8 Å². The van der Waals surface area contributed by atoms with E-state index in [2.05, 4.69) is 12.2 Å². The Morgan fingerprint density at radius 1 is 1.78 bits per heavy atom. The van der Waals surface area contributed by atoms with E-state index in [1.165, 1.54) is 0 Å². The Morgan fingerprint density at radius 2 is 2.22 bits per heavy atom. The van der Waals surface area contributed by atoms with Crippen molar-refractivity contribution >= 4 is 23.1 Å². The first-order chi connectivity index (χ1) is 4.09. The van der Waals surface area contributed by atoms with E-state index in [9.17, 15) is 4.79 Å². The molecule has 0 radical (unpaired) electrons. The molecule has 0 heterocycles. The van der Waals surface area contributed by atoms with Gasteiger partial charge in [0.25, 0.3) is 0 Å². The highest BCUT2D eigenvalue weighted by atomic mass is 32.1. The summed E-state index contributed by atoms with van der Waals surface area (Å²) in [5.74, 6) is -0.933. The van der Waals surface area contributed by atoms with E-state index in [0.717, 1.165) is 6.42 Å². The lowest BCUT2D eigenvalue weighted by molar-refractivity contribution is -0.129. The molecule has 0 rings (SSSR count). The minimum absolute atomic E-state index is 0.0255. The van der Waals surface area contributed by atoms with Crippen LogP contribution in [0, 0.1) is 5.92 Å². The van der Waals surface area contributed by atoms with Crippen molar-refractivity contribution in [1.82, 2.24) is 0 Å². The molecule has 0 spiro atoms. The highest BCUT2D eigenvalue weighted by Gasteiger charge is 2.12. The van der Waals surface area contributed by atoms with Crippen molar-refractivity contribution in [3.8, 4) is 0 Å². The standard InChI is InChI=1S/C6H10O2S/c1-3-4(2)5(9)6(7)8/h4H,3H2,1-2H3,(H,7,8)/t4-/m0/s1. The molecule has 1 N–H and O–H groups in total. The van der Waals surface area contributed by atoms with E-state index in [1.807, 2.05) is 13.8 Å². The van der Waals surface area contributed by atoms with Crippen molar-refractivity contribution in [2.75, 3.05) is 0 Å². The summed E-state index contributed by atoms with van der Waals surface area (Å²) in [5.41, 5.74) is 0. The maximum Gasteiger partial charge on any atom is 0.342 e. The number of rotatable bonds is 3. The van der Waals surface area contributed by atoms with Crippen LogP contribution in [0.15, 0.2) is 0 Å². The summed E-state index contributed by atoms with van der Waals surface area (Å²) in [5, 5.41) is 8.34. The first-order valence-electron chi connectivity index (χ1n) is 2.86. The van der Waals surface area contributed by atoms with Gasteiger partial charge in [-0.3, -0.25) is 0 Å². The van der Waals surface area contributed by atoms with Gasteiger partial charge in [0.1, 0.15) is 4.86 Å². The van der Waals surface area contributed by atoms with Gasteiger partial charge in [0.2, 0.25) is 0 Å². The molecule has 0 aromatic rings. The van der Waals surface area contributed by atoms with Crippen LogP contribution in [0.5, 0.6) is 0 Å². The number of aliphatic carboxylic acids is 1. The molecule has 2 nitrogen and oxygen atoms in total. The molecule has 0 aromatic carbocycles. The Balaban J connectivity index is 3.88. The second kappa shape index (κ2) is 3.56. The average molecular weight is 146 g/mol. The van der Waals surface area contributed by atoms with Crippen LogP contribution in [-0.2, 0) is 4.79 Å². The van der Waals surface area contributed by atoms with Gasteiger partial charge in [-0.15, -0.1) is 0 Å². The average Bonchev–Trinajstić information content (AvgIpc) is 1.84. The maximum atomic E-state index is 10.2. The van der Waals surface area contributed by atoms with Crippen molar-refractivity contribution < 1.29 is 9.90 Å². The molecule has 0 amide bonds. The van der Waals surface area contributed by atoms with Gasteiger partial charge in [0.15, 0.2) is 0 Å². The fraction of sp³-hybridized carbons (Fsp3) is 0.667. The number of hydrogen-bond donors (Lipinski definition) is 1. The molecule has 0 saturated heterocycles. The van der Waals surface area contributed by atoms with Gasteiger partial charge in [-0.25, -0.2) is 4.79 Å². The van der Waals surface area contributed by atoms with Crippen LogP contribution < -0.4 is 0 Å². The van der Waals surface area contributed by atoms with Crippen LogP contribution >= 0.6 is 12.2 Å². The minimum atomic E-state index is -0.959. The Kier molecular flexibility index (Phi) is 3.39. The van der Waals surface area contributed by atoms with Crippen molar-refractivity contribution in [3.05, 3.63) is 0 Å². The van der Waals surface area contributed by atoms with Crippen molar-refractivity contribution in [2.45, 2.75) is 20.3 Å². The Labute approximate surface area is 59.9 Å². The molecule has 0 bridgehead atoms. The molecule has 0 fully saturated rings. The zero-order valence-corrected chi connectivity index (χ0v) is 6.36. The van der Waals surface area contributed by atoms with Crippen LogP contribution in [-0.4, -0.2) is 15.9 Å². The fourth-order valence-corrected chi connectivity index (χ4v) is 0.563. The predicted molar refractivity (Wildman–Crippen MR) is 39.7 cm³/mol. The SMILES string of the molecule is CC[C@H](C)C(=S)C(=O)O. The Morgan fingerprint density at radius 3 is 2.33 bits per heavy atom. The number of carboxylic acids is 1. The lowest BCUT2D eigenvalue weighted by Crippen LogP contribution is -2.17. The topological polar surface area (TPSA) is 37.3 Å². The highest BCUT2D eigenvalue weighted by Crippen LogP contribution is 2.03. The molecule has 52 valence electrons. The van der Waals surface area contributed by atoms with Gasteiger partial charge >= 0.3 is 5.97 Å². The second-order valence-corrected chi connectivity index (χ2v) is 2.42. The summed E-state index contributed by atoms with van der Waals surface area (Å²) in [6, 6.07) is 0. The van der Waals surface area contributed by atoms with E-state index < -0.39 is 5.97 Å². The van der Waals surface area contributed by atoms with Gasteiger partial charge in [-0.05, 0) is 12.3 Å². The fourth-order valence-electron chi connectivity index (χ4n) is 0.396. The molecule has 3 heteroatoms. The zero-order chi connectivity index (χ0) is 7.44. The van der Waals surface area contributed by atoms with E-state index in [0.29, 0.717) is 0 Å². The molecule has 1 atom stereocenters. The molecule has 0 aromatic heterocycles. The quantitative estimate of drug-likeness (QED) is 0.613. The zero-order valence-electron chi connectivity index (χ0n) is 5.55. The molecule has 9 heavy (non-hydrogen) atoms. The van der Waals surface area contributed by atoms with E-state index >= 15 is 0 Å². The van der Waals surface area contributed by atoms with Crippen LogP contribution in [0.4, 0.5) is 0 Å². The predicted octanol–water partition coefficient (Wildman–Crippen LogP) is 1.49. The number of thiocarbonyl (C=S) groups is 1. The summed E-state index contributed by atoms with van der Waals surface area (Å²) in [6.45, 7) is 3.73. The molecule has 0 aliphatic carbocycles. The Bertz CT molecular complexity index is 131. The molecule has 0 aliphatic heterocycles. The molecule has 0 unspecified atom stereocenters. The number of hydrogen-bond acceptors (Lipinski definition) is 2. The first kappa shape index (κ1) is 8.56. The minimum Gasteiger partial charge on any atom is -0.477 e. The summed E-state index contributed by atoms with van der Waals surface area (Å²) in [6.07, 6.45) is 0.797. The number of carbonyl (C=O) groups is 1. The van der Waals surface area contributed by atoms with Gasteiger partial charge < -0.3 is 5.11 Å². The summed E-state index contributed by atoms with van der Waals surface area (Å²) in [4.78, 5) is 10.3. The lowest BCUT2D eigenvalue weighted by atomic mass is 10.1. The van der Waals surface area contributed by atoms with Crippen LogP contribution in [0.25, 0.3) is 0 Å². The summed E-state index contributed by atoms with van der Waals surface area (Å²) < 4.78 is 0. The van der Waals surface area contributed by atoms with Gasteiger partial charge in [0.05, 0.1) is 0 Å². The van der Waals surface area contributed by atoms with Crippen molar-refractivity contribution in [2.24, 2.45) is 5.92 Å². The lowest BCUT2D eigenvalue weighted by Gasteiger charge is -2.03. The van der Waals surface area contributed by atoms with Crippen molar-refractivity contribution in [3.63, 3.8) is 0 Å². The summed E-state index contributed by atoms with van der Waals surface area (Å²) >= 11 is 4.60. The normalized spacial score (nSPS) is 12.7. The van der Waals surface area contributed by atoms with E-state index in [1.54, 1.807) is 0 Å². The third-order valence-electron chi connectivity index (χ3n) is 1.27. The third kappa shape index (κ3) is 2.56.